The van der Waals surface area contributed by atoms with Gasteiger partial charge in [-0.1, -0.05) is 128 Å². The molecule has 1 aliphatic heterocycles. The highest BCUT2D eigenvalue weighted by atomic mass is 16.5. The van der Waals surface area contributed by atoms with Gasteiger partial charge in [-0.3, -0.25) is 0 Å². The molecular weight excluding hydrogens is 572 g/mol. The number of rotatable bonds is 3. The molecule has 0 bridgehead atoms. The number of fused-ring (bicyclic) bond motifs is 7. The van der Waals surface area contributed by atoms with Crippen molar-refractivity contribution in [3.63, 3.8) is 0 Å². The zero-order valence-electron chi connectivity index (χ0n) is 26.4. The van der Waals surface area contributed by atoms with Crippen LogP contribution in [0.15, 0.2) is 163 Å². The standard InChI is InChI=1S/C44H34N2O/c1-29-14-12-17-31(26-29)39-28-40(46-43(45-39)30-15-4-2-5-16-30)32-18-13-20-34-33-19-8-9-21-35(33)44(38(34)27-32)36-22-6-3-7-24-41(36)47-42-25-11-10-23-37(42)44/h2-13,15-19,21,23-29H,14,20,22H2,1H3/t29-,44?/m1/s1. The molecule has 226 valence electrons. The summed E-state index contributed by atoms with van der Waals surface area (Å²) in [5.74, 6) is 3.05. The lowest BCUT2D eigenvalue weighted by molar-refractivity contribution is 0.395. The predicted octanol–water partition coefficient (Wildman–Crippen LogP) is 10.4. The summed E-state index contributed by atoms with van der Waals surface area (Å²) < 4.78 is 6.66. The summed E-state index contributed by atoms with van der Waals surface area (Å²) >= 11 is 0. The molecule has 4 aliphatic carbocycles. The second-order valence-corrected chi connectivity index (χ2v) is 12.9. The third-order valence-corrected chi connectivity index (χ3v) is 10.0. The van der Waals surface area contributed by atoms with Gasteiger partial charge < -0.3 is 4.74 Å². The average Bonchev–Trinajstić information content (AvgIpc) is 3.34. The van der Waals surface area contributed by atoms with Crippen molar-refractivity contribution in [1.29, 1.82) is 0 Å². The highest BCUT2D eigenvalue weighted by Crippen LogP contribution is 2.62. The molecule has 2 heterocycles. The van der Waals surface area contributed by atoms with Crippen LogP contribution in [0.2, 0.25) is 0 Å². The van der Waals surface area contributed by atoms with Gasteiger partial charge in [0.15, 0.2) is 5.82 Å². The molecule has 1 aromatic heterocycles. The van der Waals surface area contributed by atoms with Crippen LogP contribution in [0.25, 0.3) is 28.1 Å². The Morgan fingerprint density at radius 1 is 0.723 bits per heavy atom. The minimum Gasteiger partial charge on any atom is -0.457 e. The molecule has 47 heavy (non-hydrogen) atoms. The van der Waals surface area contributed by atoms with Crippen LogP contribution in [-0.2, 0) is 5.41 Å². The molecule has 4 aromatic rings. The monoisotopic (exact) mass is 606 g/mol. The average molecular weight is 607 g/mol. The summed E-state index contributed by atoms with van der Waals surface area (Å²) in [6, 6.07) is 30.1. The molecule has 0 saturated heterocycles. The fourth-order valence-electron chi connectivity index (χ4n) is 7.95. The molecule has 3 nitrogen and oxygen atoms in total. The number of nitrogens with zero attached hydrogens (tertiary/aromatic N) is 2. The number of ether oxygens (including phenoxy) is 1. The van der Waals surface area contributed by atoms with E-state index < -0.39 is 5.41 Å². The first kappa shape index (κ1) is 27.7. The Kier molecular flexibility index (Phi) is 6.53. The third kappa shape index (κ3) is 4.41. The lowest BCUT2D eigenvalue weighted by Crippen LogP contribution is -2.35. The van der Waals surface area contributed by atoms with Crippen LogP contribution in [0, 0.1) is 5.92 Å². The van der Waals surface area contributed by atoms with Crippen LogP contribution in [0.3, 0.4) is 0 Å². The van der Waals surface area contributed by atoms with E-state index in [4.69, 9.17) is 14.7 Å². The van der Waals surface area contributed by atoms with E-state index >= 15 is 0 Å². The van der Waals surface area contributed by atoms with Crippen LogP contribution in [-0.4, -0.2) is 9.97 Å². The zero-order valence-corrected chi connectivity index (χ0v) is 26.4. The fraction of sp³-hybridized carbons (Fsp3) is 0.136. The summed E-state index contributed by atoms with van der Waals surface area (Å²) in [4.78, 5) is 10.4. The van der Waals surface area contributed by atoms with Crippen LogP contribution >= 0.6 is 0 Å². The van der Waals surface area contributed by atoms with Gasteiger partial charge >= 0.3 is 0 Å². The largest absolute Gasteiger partial charge is 0.457 e. The normalized spacial score (nSPS) is 22.1. The van der Waals surface area contributed by atoms with Gasteiger partial charge in [-0.2, -0.15) is 0 Å². The minimum absolute atomic E-state index is 0.467. The van der Waals surface area contributed by atoms with Crippen LogP contribution in [0.5, 0.6) is 5.75 Å². The van der Waals surface area contributed by atoms with Crippen molar-refractivity contribution in [3.05, 3.63) is 191 Å². The highest BCUT2D eigenvalue weighted by Gasteiger charge is 2.52. The Balaban J connectivity index is 1.31. The minimum atomic E-state index is -0.491. The van der Waals surface area contributed by atoms with Crippen molar-refractivity contribution >= 4 is 16.7 Å². The zero-order chi connectivity index (χ0) is 31.4. The second-order valence-electron chi connectivity index (χ2n) is 12.9. The third-order valence-electron chi connectivity index (χ3n) is 10.0. The first-order valence-electron chi connectivity index (χ1n) is 16.6. The Morgan fingerprint density at radius 3 is 2.36 bits per heavy atom. The fourth-order valence-corrected chi connectivity index (χ4v) is 7.95. The number of allylic oxidation sites excluding steroid dienone is 15. The molecule has 1 spiro atoms. The van der Waals surface area contributed by atoms with E-state index in [9.17, 15) is 0 Å². The number of hydrogen-bond acceptors (Lipinski definition) is 3. The molecule has 0 amide bonds. The van der Waals surface area contributed by atoms with Gasteiger partial charge in [0.25, 0.3) is 0 Å². The van der Waals surface area contributed by atoms with E-state index in [0.717, 1.165) is 64.7 Å². The maximum atomic E-state index is 6.66. The van der Waals surface area contributed by atoms with Crippen molar-refractivity contribution in [2.24, 2.45) is 5.92 Å². The van der Waals surface area contributed by atoms with Gasteiger partial charge in [0.2, 0.25) is 0 Å². The van der Waals surface area contributed by atoms with Crippen molar-refractivity contribution in [2.75, 3.05) is 0 Å². The van der Waals surface area contributed by atoms with Crippen molar-refractivity contribution in [2.45, 2.75) is 31.6 Å². The van der Waals surface area contributed by atoms with Gasteiger partial charge in [0, 0.05) is 16.7 Å². The first-order valence-corrected chi connectivity index (χ1v) is 16.6. The second kappa shape index (κ2) is 11.1. The summed E-state index contributed by atoms with van der Waals surface area (Å²) in [5.41, 5.74) is 12.4. The number of benzene rings is 3. The first-order chi connectivity index (χ1) is 23.2. The molecule has 9 rings (SSSR count). The Labute approximate surface area is 276 Å². The summed E-state index contributed by atoms with van der Waals surface area (Å²) in [6.07, 6.45) is 25.1. The number of para-hydroxylation sites is 1. The van der Waals surface area contributed by atoms with Gasteiger partial charge in [-0.15, -0.1) is 0 Å². The molecule has 5 aliphatic rings. The Bertz CT molecular complexity index is 2200. The highest BCUT2D eigenvalue weighted by molar-refractivity contribution is 5.94. The molecule has 3 aromatic carbocycles. The predicted molar refractivity (Wildman–Crippen MR) is 191 cm³/mol. The van der Waals surface area contributed by atoms with Crippen LogP contribution < -0.4 is 4.74 Å². The van der Waals surface area contributed by atoms with E-state index in [1.165, 1.54) is 33.4 Å². The maximum absolute atomic E-state index is 6.66. The molecule has 1 unspecified atom stereocenters. The summed E-state index contributed by atoms with van der Waals surface area (Å²) in [5, 5.41) is 0. The van der Waals surface area contributed by atoms with E-state index in [1.807, 2.05) is 6.07 Å². The number of hydrogen-bond donors (Lipinski definition) is 0. The molecule has 0 fully saturated rings. The maximum Gasteiger partial charge on any atom is 0.160 e. The van der Waals surface area contributed by atoms with Crippen molar-refractivity contribution in [1.82, 2.24) is 9.97 Å². The SMILES string of the molecule is C[C@H]1C=C(c2cc(C3=CC4=C(CC=C3)c3ccccc3C43C4=C(C=CC=CC4)Oc4ccccc43)nc(-c3ccccc3)n2)C=CC1. The van der Waals surface area contributed by atoms with Gasteiger partial charge in [-0.25, -0.2) is 9.97 Å². The van der Waals surface area contributed by atoms with Crippen LogP contribution in [0.4, 0.5) is 0 Å². The van der Waals surface area contributed by atoms with E-state index in [0.29, 0.717) is 5.92 Å². The van der Waals surface area contributed by atoms with Gasteiger partial charge in [-0.05, 0) is 82.9 Å². The lowest BCUT2D eigenvalue weighted by Gasteiger charge is -2.41. The molecule has 3 heteroatoms. The Morgan fingerprint density at radius 2 is 1.49 bits per heavy atom. The topological polar surface area (TPSA) is 35.0 Å². The van der Waals surface area contributed by atoms with E-state index in [2.05, 4.69) is 147 Å². The number of aromatic nitrogens is 2. The molecule has 0 radical (unpaired) electrons. The summed E-state index contributed by atoms with van der Waals surface area (Å²) in [6.45, 7) is 2.26. The molecular formula is C44H34N2O. The summed E-state index contributed by atoms with van der Waals surface area (Å²) in [7, 11) is 0. The Hall–Kier alpha value is -5.54. The van der Waals surface area contributed by atoms with Gasteiger partial charge in [0.05, 0.1) is 16.8 Å². The van der Waals surface area contributed by atoms with Crippen LogP contribution in [0.1, 0.15) is 54.3 Å². The lowest BCUT2D eigenvalue weighted by atomic mass is 9.63. The smallest absolute Gasteiger partial charge is 0.160 e. The quantitative estimate of drug-likeness (QED) is 0.233. The van der Waals surface area contributed by atoms with E-state index in [-0.39, 0.29) is 0 Å². The van der Waals surface area contributed by atoms with E-state index in [1.54, 1.807) is 0 Å². The van der Waals surface area contributed by atoms with Crippen molar-refractivity contribution in [3.8, 4) is 17.1 Å². The molecule has 0 saturated carbocycles. The van der Waals surface area contributed by atoms with Gasteiger partial charge in [0.1, 0.15) is 11.5 Å². The molecule has 0 N–H and O–H groups in total. The van der Waals surface area contributed by atoms with Crippen molar-refractivity contribution < 1.29 is 4.74 Å². The molecule has 2 atom stereocenters.